The van der Waals surface area contributed by atoms with Gasteiger partial charge in [-0.1, -0.05) is 12.1 Å². The Morgan fingerprint density at radius 3 is 2.72 bits per heavy atom. The third kappa shape index (κ3) is 7.07. The van der Waals surface area contributed by atoms with Crippen LogP contribution >= 0.6 is 0 Å². The van der Waals surface area contributed by atoms with Crippen LogP contribution < -0.4 is 16.0 Å². The van der Waals surface area contributed by atoms with Gasteiger partial charge in [0.1, 0.15) is 18.1 Å². The van der Waals surface area contributed by atoms with E-state index in [2.05, 4.69) is 20.9 Å². The molecule has 0 aliphatic rings. The van der Waals surface area contributed by atoms with E-state index in [4.69, 9.17) is 4.42 Å². The van der Waals surface area contributed by atoms with E-state index in [1.54, 1.807) is 18.4 Å². The van der Waals surface area contributed by atoms with Gasteiger partial charge in [-0.2, -0.15) is 0 Å². The fourth-order valence-corrected chi connectivity index (χ4v) is 2.18. The van der Waals surface area contributed by atoms with E-state index in [1.807, 2.05) is 19.1 Å². The van der Waals surface area contributed by atoms with Crippen molar-refractivity contribution in [3.05, 3.63) is 59.8 Å². The summed E-state index contributed by atoms with van der Waals surface area (Å²) in [5, 5.41) is 9.05. The van der Waals surface area contributed by atoms with Gasteiger partial charge in [0.15, 0.2) is 5.96 Å². The van der Waals surface area contributed by atoms with Crippen molar-refractivity contribution in [2.75, 3.05) is 19.6 Å². The molecule has 1 heterocycles. The standard InChI is InChI=1S/C18H23FN4O2/c1-2-20-18(23-13-16-7-4-10-25-16)22-9-8-21-17(24)12-14-5-3-6-15(19)11-14/h3-7,10-11H,2,8-9,12-13H2,1H3,(H,21,24)(H2,20,22,23). The van der Waals surface area contributed by atoms with Crippen molar-refractivity contribution in [3.63, 3.8) is 0 Å². The number of amides is 1. The van der Waals surface area contributed by atoms with Crippen molar-refractivity contribution in [2.24, 2.45) is 4.99 Å². The van der Waals surface area contributed by atoms with Gasteiger partial charge in [0.05, 0.1) is 12.7 Å². The van der Waals surface area contributed by atoms with Crippen molar-refractivity contribution >= 4 is 11.9 Å². The maximum atomic E-state index is 13.1. The minimum absolute atomic E-state index is 0.148. The van der Waals surface area contributed by atoms with Crippen LogP contribution in [0.5, 0.6) is 0 Å². The number of benzene rings is 1. The lowest BCUT2D eigenvalue weighted by atomic mass is 10.1. The molecule has 3 N–H and O–H groups in total. The molecule has 0 spiro atoms. The van der Waals surface area contributed by atoms with Gasteiger partial charge in [-0.3, -0.25) is 4.79 Å². The molecule has 0 bridgehead atoms. The van der Waals surface area contributed by atoms with Crippen LogP contribution in [0.4, 0.5) is 4.39 Å². The summed E-state index contributed by atoms with van der Waals surface area (Å²) in [7, 11) is 0. The molecule has 0 radical (unpaired) electrons. The van der Waals surface area contributed by atoms with E-state index in [0.717, 1.165) is 12.3 Å². The van der Waals surface area contributed by atoms with Crippen molar-refractivity contribution < 1.29 is 13.6 Å². The second kappa shape index (κ2) is 10.1. The number of rotatable bonds is 8. The van der Waals surface area contributed by atoms with E-state index in [1.165, 1.54) is 12.1 Å². The summed E-state index contributed by atoms with van der Waals surface area (Å²) in [4.78, 5) is 16.3. The number of guanidine groups is 1. The van der Waals surface area contributed by atoms with Crippen LogP contribution in [0, 0.1) is 5.82 Å². The van der Waals surface area contributed by atoms with Gasteiger partial charge in [-0.15, -0.1) is 0 Å². The minimum Gasteiger partial charge on any atom is -0.467 e. The summed E-state index contributed by atoms with van der Waals surface area (Å²) in [5.74, 6) is 0.943. The lowest BCUT2D eigenvalue weighted by molar-refractivity contribution is -0.120. The lowest BCUT2D eigenvalue weighted by Crippen LogP contribution is -2.41. The van der Waals surface area contributed by atoms with Crippen LogP contribution in [0.25, 0.3) is 0 Å². The Labute approximate surface area is 146 Å². The van der Waals surface area contributed by atoms with Crippen molar-refractivity contribution in [2.45, 2.75) is 19.9 Å². The van der Waals surface area contributed by atoms with Crippen LogP contribution in [0.1, 0.15) is 18.2 Å². The Morgan fingerprint density at radius 2 is 2.00 bits per heavy atom. The SMILES string of the molecule is CCNC(=NCc1ccco1)NCCNC(=O)Cc1cccc(F)c1. The molecule has 6 nitrogen and oxygen atoms in total. The number of hydrogen-bond donors (Lipinski definition) is 3. The van der Waals surface area contributed by atoms with Crippen LogP contribution in [-0.4, -0.2) is 31.5 Å². The molecule has 0 atom stereocenters. The van der Waals surface area contributed by atoms with Gasteiger partial charge in [-0.25, -0.2) is 9.38 Å². The zero-order valence-corrected chi connectivity index (χ0v) is 14.2. The molecule has 0 unspecified atom stereocenters. The molecule has 0 aliphatic heterocycles. The zero-order chi connectivity index (χ0) is 17.9. The van der Waals surface area contributed by atoms with Crippen LogP contribution in [0.2, 0.25) is 0 Å². The highest BCUT2D eigenvalue weighted by molar-refractivity contribution is 5.80. The van der Waals surface area contributed by atoms with Crippen molar-refractivity contribution in [1.82, 2.24) is 16.0 Å². The molecule has 2 rings (SSSR count). The Bertz CT molecular complexity index is 686. The first-order valence-corrected chi connectivity index (χ1v) is 8.23. The number of aliphatic imine (C=N–C) groups is 1. The summed E-state index contributed by atoms with van der Waals surface area (Å²) in [6.07, 6.45) is 1.77. The maximum Gasteiger partial charge on any atom is 0.224 e. The Balaban J connectivity index is 1.70. The van der Waals surface area contributed by atoms with Gasteiger partial charge >= 0.3 is 0 Å². The molecule has 2 aromatic rings. The number of carbonyl (C=O) groups is 1. The third-order valence-electron chi connectivity index (χ3n) is 3.31. The summed E-state index contributed by atoms with van der Waals surface area (Å²) in [6.45, 7) is 4.12. The number of nitrogens with one attached hydrogen (secondary N) is 3. The first-order chi connectivity index (χ1) is 12.2. The highest BCUT2D eigenvalue weighted by Gasteiger charge is 2.04. The number of carbonyl (C=O) groups excluding carboxylic acids is 1. The summed E-state index contributed by atoms with van der Waals surface area (Å²) < 4.78 is 18.3. The van der Waals surface area contributed by atoms with Crippen LogP contribution in [0.3, 0.4) is 0 Å². The molecule has 1 aromatic carbocycles. The summed E-state index contributed by atoms with van der Waals surface area (Å²) >= 11 is 0. The average Bonchev–Trinajstić information content (AvgIpc) is 3.10. The molecule has 1 amide bonds. The van der Waals surface area contributed by atoms with Gasteiger partial charge in [-0.05, 0) is 36.8 Å². The highest BCUT2D eigenvalue weighted by atomic mass is 19.1. The number of nitrogens with zero attached hydrogens (tertiary/aromatic N) is 1. The number of hydrogen-bond acceptors (Lipinski definition) is 3. The average molecular weight is 346 g/mol. The second-order valence-corrected chi connectivity index (χ2v) is 5.36. The Morgan fingerprint density at radius 1 is 1.16 bits per heavy atom. The molecule has 1 aromatic heterocycles. The minimum atomic E-state index is -0.338. The molecule has 25 heavy (non-hydrogen) atoms. The fraction of sp³-hybridized carbons (Fsp3) is 0.333. The lowest BCUT2D eigenvalue weighted by Gasteiger charge is -2.11. The van der Waals surface area contributed by atoms with E-state index >= 15 is 0 Å². The van der Waals surface area contributed by atoms with Crippen molar-refractivity contribution in [1.29, 1.82) is 0 Å². The molecule has 0 saturated carbocycles. The third-order valence-corrected chi connectivity index (χ3v) is 3.31. The van der Waals surface area contributed by atoms with E-state index < -0.39 is 0 Å². The monoisotopic (exact) mass is 346 g/mol. The predicted octanol–water partition coefficient (Wildman–Crippen LogP) is 1.83. The molecule has 0 aliphatic carbocycles. The molecule has 0 fully saturated rings. The second-order valence-electron chi connectivity index (χ2n) is 5.36. The number of furan rings is 1. The van der Waals surface area contributed by atoms with E-state index in [9.17, 15) is 9.18 Å². The molecular formula is C18H23FN4O2. The highest BCUT2D eigenvalue weighted by Crippen LogP contribution is 2.04. The first-order valence-electron chi connectivity index (χ1n) is 8.23. The van der Waals surface area contributed by atoms with Gasteiger partial charge in [0.25, 0.3) is 0 Å². The van der Waals surface area contributed by atoms with E-state index in [-0.39, 0.29) is 18.1 Å². The maximum absolute atomic E-state index is 13.1. The Hall–Kier alpha value is -2.83. The van der Waals surface area contributed by atoms with E-state index in [0.29, 0.717) is 31.2 Å². The van der Waals surface area contributed by atoms with Gasteiger partial charge in [0.2, 0.25) is 5.91 Å². The van der Waals surface area contributed by atoms with Gasteiger partial charge < -0.3 is 20.4 Å². The summed E-state index contributed by atoms with van der Waals surface area (Å²) in [5.41, 5.74) is 0.652. The molecule has 0 saturated heterocycles. The number of halogens is 1. The molecular weight excluding hydrogens is 323 g/mol. The molecule has 134 valence electrons. The molecule has 7 heteroatoms. The zero-order valence-electron chi connectivity index (χ0n) is 14.2. The topological polar surface area (TPSA) is 78.7 Å². The Kier molecular flexibility index (Phi) is 7.49. The normalized spacial score (nSPS) is 11.2. The van der Waals surface area contributed by atoms with Crippen LogP contribution in [-0.2, 0) is 17.8 Å². The van der Waals surface area contributed by atoms with Crippen molar-refractivity contribution in [3.8, 4) is 0 Å². The predicted molar refractivity (Wildman–Crippen MR) is 94.6 cm³/mol. The van der Waals surface area contributed by atoms with Crippen LogP contribution in [0.15, 0.2) is 52.1 Å². The quantitative estimate of drug-likeness (QED) is 0.387. The smallest absolute Gasteiger partial charge is 0.224 e. The fourth-order valence-electron chi connectivity index (χ4n) is 2.18. The largest absolute Gasteiger partial charge is 0.467 e. The summed E-state index contributed by atoms with van der Waals surface area (Å²) in [6, 6.07) is 9.72. The first kappa shape index (κ1) is 18.5. The van der Waals surface area contributed by atoms with Gasteiger partial charge in [0, 0.05) is 19.6 Å².